The van der Waals surface area contributed by atoms with Gasteiger partial charge in [-0.3, -0.25) is 0 Å². The Kier molecular flexibility index (Phi) is 19.1. The summed E-state index contributed by atoms with van der Waals surface area (Å²) in [6.45, 7) is 10.6. The van der Waals surface area contributed by atoms with Crippen LogP contribution in [0.25, 0.3) is 0 Å². The average molecular weight is 389 g/mol. The molecule has 4 nitrogen and oxygen atoms in total. The molecule has 0 aromatic rings. The zero-order chi connectivity index (χ0) is 20.2. The molecule has 164 valence electrons. The van der Waals surface area contributed by atoms with E-state index in [2.05, 4.69) is 27.7 Å². The van der Waals surface area contributed by atoms with Gasteiger partial charge >= 0.3 is 0 Å². The number of aliphatic hydroxyl groups is 1. The lowest BCUT2D eigenvalue weighted by molar-refractivity contribution is -0.409. The quantitative estimate of drug-likeness (QED) is 0.181. The first-order valence-corrected chi connectivity index (χ1v) is 11.7. The lowest BCUT2D eigenvalue weighted by atomic mass is 9.98. The molecule has 0 fully saturated rings. The van der Waals surface area contributed by atoms with Crippen LogP contribution in [0.2, 0.25) is 0 Å². The van der Waals surface area contributed by atoms with E-state index in [1.54, 1.807) is 0 Å². The van der Waals surface area contributed by atoms with E-state index in [1.807, 2.05) is 0 Å². The molecular weight excluding hydrogens is 340 g/mol. The zero-order valence-electron chi connectivity index (χ0n) is 18.8. The lowest BCUT2D eigenvalue weighted by Crippen LogP contribution is -2.48. The third-order valence-corrected chi connectivity index (χ3v) is 5.03. The van der Waals surface area contributed by atoms with Gasteiger partial charge in [-0.1, -0.05) is 85.5 Å². The van der Waals surface area contributed by atoms with Crippen LogP contribution in [0.4, 0.5) is 0 Å². The maximum Gasteiger partial charge on any atom is 0.288 e. The molecule has 0 aliphatic rings. The summed E-state index contributed by atoms with van der Waals surface area (Å²) in [6, 6.07) is 0. The van der Waals surface area contributed by atoms with E-state index in [-0.39, 0.29) is 12.5 Å². The molecule has 0 bridgehead atoms. The van der Waals surface area contributed by atoms with E-state index < -0.39 is 5.97 Å². The summed E-state index contributed by atoms with van der Waals surface area (Å²) >= 11 is 0. The molecule has 1 atom stereocenters. The molecule has 0 saturated heterocycles. The molecule has 0 amide bonds. The van der Waals surface area contributed by atoms with Gasteiger partial charge in [0, 0.05) is 0 Å². The molecule has 0 radical (unpaired) electrons. The summed E-state index contributed by atoms with van der Waals surface area (Å²) in [4.78, 5) is 0. The molecule has 0 heterocycles. The number of hydrogen-bond donors (Lipinski definition) is 1. The molecule has 0 aromatic heterocycles. The van der Waals surface area contributed by atoms with Crippen LogP contribution in [-0.4, -0.2) is 37.5 Å². The second-order valence-electron chi connectivity index (χ2n) is 7.65. The average Bonchev–Trinajstić information content (AvgIpc) is 2.67. The lowest BCUT2D eigenvalue weighted by Gasteiger charge is -2.39. The van der Waals surface area contributed by atoms with Crippen molar-refractivity contribution in [3.8, 4) is 0 Å². The highest BCUT2D eigenvalue weighted by Crippen LogP contribution is 2.31. The topological polar surface area (TPSA) is 47.9 Å². The first kappa shape index (κ1) is 26.8. The number of ether oxygens (including phenoxy) is 3. The Balaban J connectivity index is 4.92. The molecule has 0 aromatic carbocycles. The fourth-order valence-corrected chi connectivity index (χ4v) is 3.11. The van der Waals surface area contributed by atoms with Crippen LogP contribution in [-0.2, 0) is 14.2 Å². The minimum Gasteiger partial charge on any atom is -0.396 e. The second-order valence-corrected chi connectivity index (χ2v) is 7.65. The van der Waals surface area contributed by atoms with Gasteiger partial charge in [0.15, 0.2) is 0 Å². The van der Waals surface area contributed by atoms with Crippen LogP contribution in [0, 0.1) is 5.92 Å². The van der Waals surface area contributed by atoms with E-state index in [1.165, 1.54) is 32.1 Å². The highest BCUT2D eigenvalue weighted by molar-refractivity contribution is 4.72. The predicted molar refractivity (Wildman–Crippen MR) is 114 cm³/mol. The van der Waals surface area contributed by atoms with Crippen molar-refractivity contribution in [1.82, 2.24) is 0 Å². The Morgan fingerprint density at radius 3 is 1.41 bits per heavy atom. The maximum absolute atomic E-state index is 10.1. The largest absolute Gasteiger partial charge is 0.396 e. The van der Waals surface area contributed by atoms with E-state index in [4.69, 9.17) is 14.2 Å². The van der Waals surface area contributed by atoms with Gasteiger partial charge in [0.1, 0.15) is 0 Å². The van der Waals surface area contributed by atoms with Gasteiger partial charge in [0.05, 0.1) is 32.3 Å². The summed E-state index contributed by atoms with van der Waals surface area (Å²) in [6.07, 6.45) is 14.5. The van der Waals surface area contributed by atoms with Crippen molar-refractivity contribution < 1.29 is 19.3 Å². The monoisotopic (exact) mass is 388 g/mol. The number of aliphatic hydroxyl groups excluding tert-OH is 1. The smallest absolute Gasteiger partial charge is 0.288 e. The molecular formula is C23H48O4. The fourth-order valence-electron chi connectivity index (χ4n) is 3.11. The van der Waals surface area contributed by atoms with Crippen LogP contribution < -0.4 is 0 Å². The molecule has 27 heavy (non-hydrogen) atoms. The van der Waals surface area contributed by atoms with Crippen LogP contribution >= 0.6 is 0 Å². The molecule has 0 rings (SSSR count). The normalized spacial score (nSPS) is 13.2. The Morgan fingerprint density at radius 1 is 0.593 bits per heavy atom. The second kappa shape index (κ2) is 19.2. The van der Waals surface area contributed by atoms with E-state index in [9.17, 15) is 5.11 Å². The van der Waals surface area contributed by atoms with Crippen molar-refractivity contribution in [2.24, 2.45) is 5.92 Å². The Morgan fingerprint density at radius 2 is 1.00 bits per heavy atom. The fraction of sp³-hybridized carbons (Fsp3) is 1.00. The van der Waals surface area contributed by atoms with Gasteiger partial charge in [-0.15, -0.1) is 0 Å². The van der Waals surface area contributed by atoms with Crippen LogP contribution in [0.15, 0.2) is 0 Å². The van der Waals surface area contributed by atoms with E-state index in [0.717, 1.165) is 51.4 Å². The summed E-state index contributed by atoms with van der Waals surface area (Å²) in [7, 11) is 0. The first-order chi connectivity index (χ1) is 13.2. The highest BCUT2D eigenvalue weighted by atomic mass is 16.9. The molecule has 0 spiro atoms. The maximum atomic E-state index is 10.1. The molecule has 0 aliphatic heterocycles. The summed E-state index contributed by atoms with van der Waals surface area (Å²) in [5.74, 6) is -1.22. The van der Waals surface area contributed by atoms with Crippen molar-refractivity contribution in [2.75, 3.05) is 26.4 Å². The van der Waals surface area contributed by atoms with Gasteiger partial charge in [-0.25, -0.2) is 0 Å². The number of unbranched alkanes of at least 4 members (excludes halogenated alkanes) is 8. The van der Waals surface area contributed by atoms with E-state index >= 15 is 0 Å². The molecule has 0 aliphatic carbocycles. The number of hydrogen-bond acceptors (Lipinski definition) is 4. The minimum atomic E-state index is -1.09. The molecule has 1 N–H and O–H groups in total. The van der Waals surface area contributed by atoms with Crippen LogP contribution in [0.1, 0.15) is 111 Å². The standard InChI is InChI=1S/C23H48O4/c1-5-9-13-14-15-16-17-22(21-24)23(25-18-10-6-2,26-19-11-7-3)27-20-12-8-4/h22,24H,5-21H2,1-4H3. The van der Waals surface area contributed by atoms with Crippen molar-refractivity contribution in [3.05, 3.63) is 0 Å². The van der Waals surface area contributed by atoms with Crippen LogP contribution in [0.3, 0.4) is 0 Å². The van der Waals surface area contributed by atoms with Crippen molar-refractivity contribution in [3.63, 3.8) is 0 Å². The van der Waals surface area contributed by atoms with Crippen molar-refractivity contribution >= 4 is 0 Å². The van der Waals surface area contributed by atoms with Crippen molar-refractivity contribution in [1.29, 1.82) is 0 Å². The molecule has 0 saturated carbocycles. The van der Waals surface area contributed by atoms with Gasteiger partial charge in [0.2, 0.25) is 0 Å². The Bertz CT molecular complexity index is 270. The Labute approximate surface area is 169 Å². The van der Waals surface area contributed by atoms with E-state index in [0.29, 0.717) is 19.8 Å². The molecule has 1 unspecified atom stereocenters. The van der Waals surface area contributed by atoms with Gasteiger partial charge in [0.25, 0.3) is 5.97 Å². The summed E-state index contributed by atoms with van der Waals surface area (Å²) < 4.78 is 18.6. The number of rotatable bonds is 21. The summed E-state index contributed by atoms with van der Waals surface area (Å²) in [5.41, 5.74) is 0. The molecule has 4 heteroatoms. The summed E-state index contributed by atoms with van der Waals surface area (Å²) in [5, 5.41) is 10.1. The first-order valence-electron chi connectivity index (χ1n) is 11.7. The Hall–Kier alpha value is -0.160. The minimum absolute atomic E-state index is 0.0410. The van der Waals surface area contributed by atoms with Crippen molar-refractivity contribution in [2.45, 2.75) is 117 Å². The highest BCUT2D eigenvalue weighted by Gasteiger charge is 2.42. The van der Waals surface area contributed by atoms with Gasteiger partial charge < -0.3 is 19.3 Å². The third kappa shape index (κ3) is 12.8. The van der Waals surface area contributed by atoms with Gasteiger partial charge in [-0.05, 0) is 25.7 Å². The van der Waals surface area contributed by atoms with Gasteiger partial charge in [-0.2, -0.15) is 0 Å². The predicted octanol–water partition coefficient (Wildman–Crippen LogP) is 6.45. The SMILES string of the molecule is CCCCCCCCC(CO)C(OCCCC)(OCCCC)OCCCC. The zero-order valence-corrected chi connectivity index (χ0v) is 18.8. The van der Waals surface area contributed by atoms with Crippen LogP contribution in [0.5, 0.6) is 0 Å². The third-order valence-electron chi connectivity index (χ3n) is 5.03.